The van der Waals surface area contributed by atoms with E-state index in [4.69, 9.17) is 4.74 Å². The lowest BCUT2D eigenvalue weighted by Gasteiger charge is -2.20. The first kappa shape index (κ1) is 11.5. The van der Waals surface area contributed by atoms with Gasteiger partial charge in [0.2, 0.25) is 0 Å². The molecule has 14 heavy (non-hydrogen) atoms. The van der Waals surface area contributed by atoms with E-state index in [-0.39, 0.29) is 18.0 Å². The van der Waals surface area contributed by atoms with Crippen LogP contribution in [0.25, 0.3) is 0 Å². The van der Waals surface area contributed by atoms with E-state index in [1.807, 2.05) is 6.92 Å². The van der Waals surface area contributed by atoms with E-state index in [2.05, 4.69) is 26.1 Å². The summed E-state index contributed by atoms with van der Waals surface area (Å²) in [6, 6.07) is 0. The normalized spacial score (nSPS) is 29.2. The minimum atomic E-state index is -0.0382. The van der Waals surface area contributed by atoms with Crippen LogP contribution in [0.4, 0.5) is 0 Å². The molecule has 3 nitrogen and oxygen atoms in total. The summed E-state index contributed by atoms with van der Waals surface area (Å²) in [4.78, 5) is 11.7. The molecule has 1 heterocycles. The fraction of sp³-hybridized carbons (Fsp3) is 0.909. The molecule has 0 saturated carbocycles. The molecule has 3 heteroatoms. The van der Waals surface area contributed by atoms with Gasteiger partial charge in [0.05, 0.1) is 5.92 Å². The van der Waals surface area contributed by atoms with Crippen LogP contribution >= 0.6 is 0 Å². The van der Waals surface area contributed by atoms with Gasteiger partial charge in [-0.25, -0.2) is 0 Å². The average molecular weight is 199 g/mol. The van der Waals surface area contributed by atoms with Gasteiger partial charge in [-0.3, -0.25) is 4.79 Å². The minimum absolute atomic E-state index is 0.0234. The van der Waals surface area contributed by atoms with Crippen molar-refractivity contribution < 1.29 is 9.53 Å². The van der Waals surface area contributed by atoms with E-state index in [1.54, 1.807) is 0 Å². The summed E-state index contributed by atoms with van der Waals surface area (Å²) >= 11 is 0. The number of hydrogen-bond acceptors (Lipinski definition) is 3. The molecule has 82 valence electrons. The van der Waals surface area contributed by atoms with E-state index in [1.165, 1.54) is 0 Å². The molecule has 1 fully saturated rings. The molecule has 0 aromatic heterocycles. The van der Waals surface area contributed by atoms with Crippen LogP contribution in [0.5, 0.6) is 0 Å². The third-order valence-electron chi connectivity index (χ3n) is 3.06. The lowest BCUT2D eigenvalue weighted by atomic mass is 9.98. The predicted octanol–water partition coefficient (Wildman–Crippen LogP) is 1.43. The first-order valence-corrected chi connectivity index (χ1v) is 5.43. The molecule has 1 rings (SSSR count). The summed E-state index contributed by atoms with van der Waals surface area (Å²) in [5.41, 5.74) is 0. The van der Waals surface area contributed by atoms with Gasteiger partial charge in [-0.05, 0) is 25.3 Å². The van der Waals surface area contributed by atoms with Crippen LogP contribution in [0.15, 0.2) is 0 Å². The smallest absolute Gasteiger partial charge is 0.310 e. The third kappa shape index (κ3) is 2.71. The topological polar surface area (TPSA) is 38.3 Å². The van der Waals surface area contributed by atoms with Gasteiger partial charge in [-0.1, -0.05) is 20.8 Å². The molecule has 3 atom stereocenters. The Bertz CT molecular complexity index is 203. The van der Waals surface area contributed by atoms with Crippen LogP contribution in [-0.4, -0.2) is 25.2 Å². The highest BCUT2D eigenvalue weighted by Crippen LogP contribution is 2.19. The molecule has 1 aliphatic heterocycles. The van der Waals surface area contributed by atoms with Crippen molar-refractivity contribution in [3.63, 3.8) is 0 Å². The monoisotopic (exact) mass is 199 g/mol. The summed E-state index contributed by atoms with van der Waals surface area (Å²) in [7, 11) is 0. The van der Waals surface area contributed by atoms with Gasteiger partial charge in [0.25, 0.3) is 0 Å². The summed E-state index contributed by atoms with van der Waals surface area (Å²) in [5.74, 6) is 0.811. The molecule has 1 N–H and O–H groups in total. The number of carbonyl (C=O) groups excluding carboxylic acids is 1. The van der Waals surface area contributed by atoms with E-state index in [0.717, 1.165) is 13.1 Å². The zero-order valence-electron chi connectivity index (χ0n) is 9.54. The maximum absolute atomic E-state index is 11.7. The number of nitrogens with one attached hydrogen (secondary N) is 1. The summed E-state index contributed by atoms with van der Waals surface area (Å²) in [6.45, 7) is 9.87. The van der Waals surface area contributed by atoms with Crippen molar-refractivity contribution in [2.45, 2.75) is 33.8 Å². The highest BCUT2D eigenvalue weighted by atomic mass is 16.5. The number of esters is 1. The van der Waals surface area contributed by atoms with E-state index >= 15 is 0 Å². The summed E-state index contributed by atoms with van der Waals surface area (Å²) in [5, 5.41) is 3.20. The maximum Gasteiger partial charge on any atom is 0.310 e. The predicted molar refractivity (Wildman–Crippen MR) is 55.9 cm³/mol. The number of ether oxygens (including phenoxy) is 1. The average Bonchev–Trinajstić information content (AvgIpc) is 2.51. The van der Waals surface area contributed by atoms with Crippen LogP contribution in [0.3, 0.4) is 0 Å². The second kappa shape index (κ2) is 4.78. The molecule has 0 radical (unpaired) electrons. The fourth-order valence-electron chi connectivity index (χ4n) is 1.53. The van der Waals surface area contributed by atoms with Gasteiger partial charge < -0.3 is 10.1 Å². The largest absolute Gasteiger partial charge is 0.462 e. The summed E-state index contributed by atoms with van der Waals surface area (Å²) < 4.78 is 5.39. The maximum atomic E-state index is 11.7. The van der Waals surface area contributed by atoms with Crippen molar-refractivity contribution in [3.05, 3.63) is 0 Å². The van der Waals surface area contributed by atoms with E-state index in [0.29, 0.717) is 11.8 Å². The van der Waals surface area contributed by atoms with Crippen LogP contribution in [-0.2, 0) is 9.53 Å². The Balaban J connectivity index is 2.41. The second-order valence-corrected chi connectivity index (χ2v) is 4.63. The Morgan fingerprint density at radius 2 is 2.00 bits per heavy atom. The Morgan fingerprint density at radius 1 is 1.36 bits per heavy atom. The zero-order chi connectivity index (χ0) is 10.7. The number of rotatable bonds is 3. The molecule has 0 bridgehead atoms. The van der Waals surface area contributed by atoms with Gasteiger partial charge in [-0.15, -0.1) is 0 Å². The SMILES string of the molecule is CC(C)C(C)OC(=O)[C@@H]1CNC[C@H]1C. The Kier molecular flexibility index (Phi) is 3.93. The standard InChI is InChI=1S/C11H21NO2/c1-7(2)9(4)14-11(13)10-6-12-5-8(10)3/h7-10,12H,5-6H2,1-4H3/t8-,9?,10-/m1/s1. The number of carbonyl (C=O) groups is 1. The fourth-order valence-corrected chi connectivity index (χ4v) is 1.53. The van der Waals surface area contributed by atoms with Crippen LogP contribution < -0.4 is 5.32 Å². The van der Waals surface area contributed by atoms with Gasteiger partial charge >= 0.3 is 5.97 Å². The van der Waals surface area contributed by atoms with E-state index in [9.17, 15) is 4.79 Å². The second-order valence-electron chi connectivity index (χ2n) is 4.63. The molecule has 1 aliphatic rings. The molecule has 1 unspecified atom stereocenters. The quantitative estimate of drug-likeness (QED) is 0.699. The first-order chi connectivity index (χ1) is 6.52. The van der Waals surface area contributed by atoms with E-state index < -0.39 is 0 Å². The lowest BCUT2D eigenvalue weighted by Crippen LogP contribution is -2.29. The molecule has 1 saturated heterocycles. The van der Waals surface area contributed by atoms with Gasteiger partial charge in [0, 0.05) is 6.54 Å². The van der Waals surface area contributed by atoms with Crippen molar-refractivity contribution in [2.24, 2.45) is 17.8 Å². The molecule has 0 amide bonds. The van der Waals surface area contributed by atoms with Crippen molar-refractivity contribution in [1.29, 1.82) is 0 Å². The van der Waals surface area contributed by atoms with Gasteiger partial charge in [0.1, 0.15) is 6.10 Å². The summed E-state index contributed by atoms with van der Waals surface area (Å²) in [6.07, 6.45) is 0.0234. The number of hydrogen-bond donors (Lipinski definition) is 1. The van der Waals surface area contributed by atoms with Crippen LogP contribution in [0.1, 0.15) is 27.7 Å². The Morgan fingerprint density at radius 3 is 2.43 bits per heavy atom. The van der Waals surface area contributed by atoms with Crippen LogP contribution in [0.2, 0.25) is 0 Å². The highest BCUT2D eigenvalue weighted by Gasteiger charge is 2.31. The van der Waals surface area contributed by atoms with Gasteiger partial charge in [0.15, 0.2) is 0 Å². The molecular weight excluding hydrogens is 178 g/mol. The molecule has 0 aliphatic carbocycles. The minimum Gasteiger partial charge on any atom is -0.462 e. The van der Waals surface area contributed by atoms with Crippen molar-refractivity contribution >= 4 is 5.97 Å². The molecular formula is C11H21NO2. The molecule has 0 aromatic carbocycles. The Labute approximate surface area is 86.2 Å². The van der Waals surface area contributed by atoms with Crippen molar-refractivity contribution in [1.82, 2.24) is 5.32 Å². The van der Waals surface area contributed by atoms with Crippen molar-refractivity contribution in [3.8, 4) is 0 Å². The first-order valence-electron chi connectivity index (χ1n) is 5.43. The molecule has 0 aromatic rings. The van der Waals surface area contributed by atoms with Crippen LogP contribution in [0, 0.1) is 17.8 Å². The lowest BCUT2D eigenvalue weighted by molar-refractivity contribution is -0.155. The highest BCUT2D eigenvalue weighted by molar-refractivity contribution is 5.73. The third-order valence-corrected chi connectivity index (χ3v) is 3.06. The zero-order valence-corrected chi connectivity index (χ0v) is 9.54. The van der Waals surface area contributed by atoms with Crippen molar-refractivity contribution in [2.75, 3.05) is 13.1 Å². The Hall–Kier alpha value is -0.570. The molecule has 0 spiro atoms. The van der Waals surface area contributed by atoms with Gasteiger partial charge in [-0.2, -0.15) is 0 Å².